The zero-order valence-electron chi connectivity index (χ0n) is 10.1. The molecule has 0 amide bonds. The highest BCUT2D eigenvalue weighted by atomic mass is 16.5. The Hall–Kier alpha value is -2.53. The van der Waals surface area contributed by atoms with Gasteiger partial charge in [-0.2, -0.15) is 5.26 Å². The summed E-state index contributed by atoms with van der Waals surface area (Å²) in [5, 5.41) is 8.71. The maximum absolute atomic E-state index is 8.71. The molecule has 2 rings (SSSR count). The van der Waals surface area contributed by atoms with Gasteiger partial charge in [0.05, 0.1) is 18.7 Å². The summed E-state index contributed by atoms with van der Waals surface area (Å²) in [6, 6.07) is 17.4. The van der Waals surface area contributed by atoms with Crippen molar-refractivity contribution < 1.29 is 4.74 Å². The SMILES string of the molecule is COc1ccc(/C=C\c2ccc(C#N)cc2)cc1. The lowest BCUT2D eigenvalue weighted by molar-refractivity contribution is 0.415. The number of nitriles is 1. The van der Waals surface area contributed by atoms with Gasteiger partial charge in [-0.25, -0.2) is 0 Å². The van der Waals surface area contributed by atoms with Gasteiger partial charge >= 0.3 is 0 Å². The van der Waals surface area contributed by atoms with E-state index in [1.807, 2.05) is 60.7 Å². The summed E-state index contributed by atoms with van der Waals surface area (Å²) in [5.74, 6) is 0.852. The van der Waals surface area contributed by atoms with Crippen molar-refractivity contribution in [2.45, 2.75) is 0 Å². The second-order valence-electron chi connectivity index (χ2n) is 3.84. The molecule has 18 heavy (non-hydrogen) atoms. The summed E-state index contributed by atoms with van der Waals surface area (Å²) in [4.78, 5) is 0. The summed E-state index contributed by atoms with van der Waals surface area (Å²) >= 11 is 0. The van der Waals surface area contributed by atoms with Crippen molar-refractivity contribution in [2.75, 3.05) is 7.11 Å². The fraction of sp³-hybridized carbons (Fsp3) is 0.0625. The molecule has 0 saturated carbocycles. The van der Waals surface area contributed by atoms with Crippen LogP contribution in [0.4, 0.5) is 0 Å². The largest absolute Gasteiger partial charge is 0.497 e. The number of benzene rings is 2. The second-order valence-corrected chi connectivity index (χ2v) is 3.84. The molecular weight excluding hydrogens is 222 g/mol. The number of ether oxygens (including phenoxy) is 1. The average Bonchev–Trinajstić information content (AvgIpc) is 2.46. The van der Waals surface area contributed by atoms with E-state index in [0.29, 0.717) is 5.56 Å². The monoisotopic (exact) mass is 235 g/mol. The Morgan fingerprint density at radius 2 is 1.39 bits per heavy atom. The topological polar surface area (TPSA) is 33.0 Å². The van der Waals surface area contributed by atoms with Crippen molar-refractivity contribution in [1.82, 2.24) is 0 Å². The van der Waals surface area contributed by atoms with Gasteiger partial charge in [-0.1, -0.05) is 36.4 Å². The van der Waals surface area contributed by atoms with E-state index in [9.17, 15) is 0 Å². The minimum Gasteiger partial charge on any atom is -0.497 e. The van der Waals surface area contributed by atoms with Crippen molar-refractivity contribution in [1.29, 1.82) is 5.26 Å². The van der Waals surface area contributed by atoms with E-state index in [2.05, 4.69) is 6.07 Å². The summed E-state index contributed by atoms with van der Waals surface area (Å²) < 4.78 is 5.10. The Kier molecular flexibility index (Phi) is 3.78. The molecule has 2 heteroatoms. The number of rotatable bonds is 3. The molecule has 0 unspecified atom stereocenters. The molecule has 0 fully saturated rings. The normalized spacial score (nSPS) is 10.2. The highest BCUT2D eigenvalue weighted by Crippen LogP contribution is 2.14. The Labute approximate surface area is 107 Å². The van der Waals surface area contributed by atoms with Gasteiger partial charge in [-0.05, 0) is 35.4 Å². The third-order valence-electron chi connectivity index (χ3n) is 2.62. The molecule has 0 bridgehead atoms. The molecule has 0 heterocycles. The fourth-order valence-corrected chi connectivity index (χ4v) is 1.58. The Balaban J connectivity index is 2.11. The van der Waals surface area contributed by atoms with Crippen LogP contribution in [0, 0.1) is 11.3 Å². The first-order chi connectivity index (χ1) is 8.81. The van der Waals surface area contributed by atoms with Crippen molar-refractivity contribution in [3.05, 3.63) is 65.2 Å². The van der Waals surface area contributed by atoms with Crippen LogP contribution in [0.5, 0.6) is 5.75 Å². The molecule has 0 N–H and O–H groups in total. The lowest BCUT2D eigenvalue weighted by Gasteiger charge is -1.99. The van der Waals surface area contributed by atoms with Gasteiger partial charge in [-0.15, -0.1) is 0 Å². The van der Waals surface area contributed by atoms with Gasteiger partial charge in [0.25, 0.3) is 0 Å². The molecule has 2 aromatic rings. The molecule has 2 nitrogen and oxygen atoms in total. The quantitative estimate of drug-likeness (QED) is 0.759. The first kappa shape index (κ1) is 11.9. The van der Waals surface area contributed by atoms with Crippen LogP contribution in [0.25, 0.3) is 12.2 Å². The van der Waals surface area contributed by atoms with E-state index in [-0.39, 0.29) is 0 Å². The van der Waals surface area contributed by atoms with E-state index in [0.717, 1.165) is 16.9 Å². The van der Waals surface area contributed by atoms with Crippen LogP contribution in [-0.2, 0) is 0 Å². The molecule has 2 aromatic carbocycles. The van der Waals surface area contributed by atoms with Crippen molar-refractivity contribution in [2.24, 2.45) is 0 Å². The van der Waals surface area contributed by atoms with Crippen LogP contribution in [0.1, 0.15) is 16.7 Å². The van der Waals surface area contributed by atoms with E-state index >= 15 is 0 Å². The minimum atomic E-state index is 0.677. The van der Waals surface area contributed by atoms with E-state index < -0.39 is 0 Å². The number of nitrogens with zero attached hydrogens (tertiary/aromatic N) is 1. The molecule has 0 aliphatic carbocycles. The average molecular weight is 235 g/mol. The predicted molar refractivity (Wildman–Crippen MR) is 73.1 cm³/mol. The van der Waals surface area contributed by atoms with Gasteiger partial charge in [0.1, 0.15) is 5.75 Å². The lowest BCUT2D eigenvalue weighted by Crippen LogP contribution is -1.81. The number of hydrogen-bond acceptors (Lipinski definition) is 2. The third kappa shape index (κ3) is 2.99. The number of methoxy groups -OCH3 is 1. The van der Waals surface area contributed by atoms with Crippen LogP contribution >= 0.6 is 0 Å². The van der Waals surface area contributed by atoms with Crippen LogP contribution in [0.3, 0.4) is 0 Å². The van der Waals surface area contributed by atoms with Crippen LogP contribution < -0.4 is 4.74 Å². The van der Waals surface area contributed by atoms with Crippen molar-refractivity contribution in [3.8, 4) is 11.8 Å². The molecule has 0 aliphatic rings. The first-order valence-corrected chi connectivity index (χ1v) is 5.64. The molecule has 88 valence electrons. The van der Waals surface area contributed by atoms with Gasteiger partial charge in [0.15, 0.2) is 0 Å². The predicted octanol–water partition coefficient (Wildman–Crippen LogP) is 3.74. The van der Waals surface area contributed by atoms with E-state index in [4.69, 9.17) is 10.00 Å². The third-order valence-corrected chi connectivity index (χ3v) is 2.62. The maximum atomic E-state index is 8.71. The highest BCUT2D eigenvalue weighted by Gasteiger charge is 1.92. The van der Waals surface area contributed by atoms with Gasteiger partial charge in [-0.3, -0.25) is 0 Å². The zero-order valence-corrected chi connectivity index (χ0v) is 10.1. The lowest BCUT2D eigenvalue weighted by atomic mass is 10.1. The molecule has 0 atom stereocenters. The smallest absolute Gasteiger partial charge is 0.118 e. The van der Waals surface area contributed by atoms with Gasteiger partial charge in [0, 0.05) is 0 Å². The van der Waals surface area contributed by atoms with Gasteiger partial charge < -0.3 is 4.74 Å². The molecule has 0 saturated heterocycles. The standard InChI is InChI=1S/C16H13NO/c1-18-16-10-8-14(9-11-16)3-2-13-4-6-15(12-17)7-5-13/h2-11H,1H3/b3-2-. The van der Waals surface area contributed by atoms with Crippen LogP contribution in [-0.4, -0.2) is 7.11 Å². The van der Waals surface area contributed by atoms with E-state index in [1.165, 1.54) is 0 Å². The molecule has 0 aliphatic heterocycles. The summed E-state index contributed by atoms with van der Waals surface area (Å²) in [6.07, 6.45) is 4.05. The molecule has 0 radical (unpaired) electrons. The Bertz CT molecular complexity index is 574. The van der Waals surface area contributed by atoms with Gasteiger partial charge in [0.2, 0.25) is 0 Å². The van der Waals surface area contributed by atoms with Crippen molar-refractivity contribution >= 4 is 12.2 Å². The second kappa shape index (κ2) is 5.70. The highest BCUT2D eigenvalue weighted by molar-refractivity contribution is 5.70. The molecule has 0 aromatic heterocycles. The minimum absolute atomic E-state index is 0.677. The summed E-state index contributed by atoms with van der Waals surface area (Å²) in [6.45, 7) is 0. The zero-order chi connectivity index (χ0) is 12.8. The molecule has 0 spiro atoms. The number of hydrogen-bond donors (Lipinski definition) is 0. The summed E-state index contributed by atoms with van der Waals surface area (Å²) in [7, 11) is 1.65. The Morgan fingerprint density at radius 1 is 0.889 bits per heavy atom. The first-order valence-electron chi connectivity index (χ1n) is 5.64. The van der Waals surface area contributed by atoms with Crippen LogP contribution in [0.2, 0.25) is 0 Å². The fourth-order valence-electron chi connectivity index (χ4n) is 1.58. The maximum Gasteiger partial charge on any atom is 0.118 e. The summed E-state index contributed by atoms with van der Waals surface area (Å²) in [5.41, 5.74) is 2.86. The Morgan fingerprint density at radius 3 is 1.83 bits per heavy atom. The molecular formula is C16H13NO. The van der Waals surface area contributed by atoms with E-state index in [1.54, 1.807) is 7.11 Å². The van der Waals surface area contributed by atoms with Crippen molar-refractivity contribution in [3.63, 3.8) is 0 Å². The van der Waals surface area contributed by atoms with Crippen LogP contribution in [0.15, 0.2) is 48.5 Å².